The van der Waals surface area contributed by atoms with E-state index in [-0.39, 0.29) is 11.8 Å². The summed E-state index contributed by atoms with van der Waals surface area (Å²) in [4.78, 5) is 27.9. The van der Waals surface area contributed by atoms with Gasteiger partial charge in [-0.3, -0.25) is 14.5 Å². The molecule has 3 aromatic carbocycles. The molecule has 0 atom stereocenters. The Morgan fingerprint density at radius 1 is 0.909 bits per heavy atom. The van der Waals surface area contributed by atoms with Crippen molar-refractivity contribution in [2.24, 2.45) is 0 Å². The van der Waals surface area contributed by atoms with E-state index < -0.39 is 0 Å². The van der Waals surface area contributed by atoms with Gasteiger partial charge in [0.2, 0.25) is 11.8 Å². The fourth-order valence-electron chi connectivity index (χ4n) is 3.72. The number of anilines is 1. The van der Waals surface area contributed by atoms with Crippen LogP contribution in [0.15, 0.2) is 71.6 Å². The van der Waals surface area contributed by atoms with Crippen LogP contribution in [0.1, 0.15) is 12.0 Å². The third-order valence-electron chi connectivity index (χ3n) is 5.55. The maximum absolute atomic E-state index is 12.3. The topological polar surface area (TPSA) is 70.7 Å². The average molecular weight is 464 g/mol. The first-order chi connectivity index (χ1) is 16.2. The highest BCUT2D eigenvalue weighted by atomic mass is 32.2. The molecule has 33 heavy (non-hydrogen) atoms. The first kappa shape index (κ1) is 23.3. The Labute approximate surface area is 198 Å². The largest absolute Gasteiger partial charge is 0.379 e. The molecule has 1 heterocycles. The van der Waals surface area contributed by atoms with E-state index in [4.69, 9.17) is 4.74 Å². The van der Waals surface area contributed by atoms with E-state index in [1.54, 1.807) is 0 Å². The number of hydrogen-bond donors (Lipinski definition) is 2. The fourth-order valence-corrected chi connectivity index (χ4v) is 4.50. The SMILES string of the molecule is O=C(CSc1ccc2ccccc2c1)NCc1cccc(NC(=O)CCN2CCOCC2)c1. The average Bonchev–Trinajstić information content (AvgIpc) is 2.86. The molecule has 2 amide bonds. The molecule has 0 spiro atoms. The zero-order valence-corrected chi connectivity index (χ0v) is 19.4. The maximum atomic E-state index is 12.3. The molecule has 0 saturated carbocycles. The zero-order chi connectivity index (χ0) is 22.9. The number of hydrogen-bond acceptors (Lipinski definition) is 5. The Hall–Kier alpha value is -2.87. The van der Waals surface area contributed by atoms with Crippen LogP contribution in [-0.2, 0) is 20.9 Å². The first-order valence-corrected chi connectivity index (χ1v) is 12.2. The number of ether oxygens (including phenoxy) is 1. The number of rotatable bonds is 9. The number of benzene rings is 3. The smallest absolute Gasteiger partial charge is 0.230 e. The van der Waals surface area contributed by atoms with E-state index in [2.05, 4.69) is 39.8 Å². The Kier molecular flexibility index (Phi) is 8.35. The molecule has 172 valence electrons. The third kappa shape index (κ3) is 7.32. The van der Waals surface area contributed by atoms with Crippen LogP contribution >= 0.6 is 11.8 Å². The van der Waals surface area contributed by atoms with Crippen molar-refractivity contribution in [3.05, 3.63) is 72.3 Å². The van der Waals surface area contributed by atoms with Gasteiger partial charge in [-0.15, -0.1) is 11.8 Å². The maximum Gasteiger partial charge on any atom is 0.230 e. The van der Waals surface area contributed by atoms with E-state index in [1.165, 1.54) is 22.5 Å². The molecule has 3 aromatic rings. The number of carbonyl (C=O) groups is 2. The van der Waals surface area contributed by atoms with Gasteiger partial charge in [-0.05, 0) is 40.6 Å². The summed E-state index contributed by atoms with van der Waals surface area (Å²) >= 11 is 1.53. The molecule has 0 aliphatic carbocycles. The number of nitrogens with one attached hydrogen (secondary N) is 2. The molecule has 6 nitrogen and oxygen atoms in total. The lowest BCUT2D eigenvalue weighted by molar-refractivity contribution is -0.119. The van der Waals surface area contributed by atoms with Crippen LogP contribution in [0.2, 0.25) is 0 Å². The monoisotopic (exact) mass is 463 g/mol. The number of thioether (sulfide) groups is 1. The highest BCUT2D eigenvalue weighted by Gasteiger charge is 2.12. The molecule has 7 heteroatoms. The molecule has 0 unspecified atom stereocenters. The minimum absolute atomic E-state index is 0.00513. The van der Waals surface area contributed by atoms with Crippen LogP contribution in [-0.4, -0.2) is 55.3 Å². The van der Waals surface area contributed by atoms with E-state index in [9.17, 15) is 9.59 Å². The third-order valence-corrected chi connectivity index (χ3v) is 6.54. The van der Waals surface area contributed by atoms with Crippen LogP contribution in [0.4, 0.5) is 5.69 Å². The first-order valence-electron chi connectivity index (χ1n) is 11.2. The molecule has 0 aromatic heterocycles. The molecule has 4 rings (SSSR count). The van der Waals surface area contributed by atoms with Crippen molar-refractivity contribution in [1.29, 1.82) is 0 Å². The number of morpholine rings is 1. The summed E-state index contributed by atoms with van der Waals surface area (Å²) in [6.45, 7) is 4.38. The summed E-state index contributed by atoms with van der Waals surface area (Å²) in [5.74, 6) is 0.332. The normalized spacial score (nSPS) is 14.2. The minimum Gasteiger partial charge on any atom is -0.379 e. The number of fused-ring (bicyclic) bond motifs is 1. The molecular weight excluding hydrogens is 434 g/mol. The second-order valence-corrected chi connectivity index (χ2v) is 9.08. The van der Waals surface area contributed by atoms with Crippen LogP contribution in [0.25, 0.3) is 10.8 Å². The lowest BCUT2D eigenvalue weighted by Gasteiger charge is -2.26. The fraction of sp³-hybridized carbons (Fsp3) is 0.308. The lowest BCUT2D eigenvalue weighted by atomic mass is 10.1. The van der Waals surface area contributed by atoms with Gasteiger partial charge in [0.25, 0.3) is 0 Å². The number of carbonyl (C=O) groups excluding carboxylic acids is 2. The Balaban J connectivity index is 1.20. The van der Waals surface area contributed by atoms with Crippen molar-refractivity contribution in [2.45, 2.75) is 17.9 Å². The van der Waals surface area contributed by atoms with Gasteiger partial charge >= 0.3 is 0 Å². The molecular formula is C26H29N3O3S. The van der Waals surface area contributed by atoms with Crippen LogP contribution < -0.4 is 10.6 Å². The molecule has 1 fully saturated rings. The highest BCUT2D eigenvalue weighted by Crippen LogP contribution is 2.23. The van der Waals surface area contributed by atoms with Crippen molar-refractivity contribution in [1.82, 2.24) is 10.2 Å². The molecule has 1 saturated heterocycles. The molecule has 1 aliphatic heterocycles. The zero-order valence-electron chi connectivity index (χ0n) is 18.6. The summed E-state index contributed by atoms with van der Waals surface area (Å²) in [6.07, 6.45) is 0.451. The van der Waals surface area contributed by atoms with Crippen molar-refractivity contribution >= 4 is 40.0 Å². The van der Waals surface area contributed by atoms with Crippen molar-refractivity contribution in [3.8, 4) is 0 Å². The van der Waals surface area contributed by atoms with Crippen LogP contribution in [0.5, 0.6) is 0 Å². The predicted octanol–water partition coefficient (Wildman–Crippen LogP) is 3.91. The van der Waals surface area contributed by atoms with Gasteiger partial charge in [0, 0.05) is 43.2 Å². The predicted molar refractivity (Wildman–Crippen MR) is 133 cm³/mol. The molecule has 0 bridgehead atoms. The molecule has 0 radical (unpaired) electrons. The standard InChI is InChI=1S/C26H29N3O3S/c30-25(10-11-29-12-14-32-15-13-29)28-23-7-3-4-20(16-23)18-27-26(31)19-33-24-9-8-21-5-1-2-6-22(21)17-24/h1-9,16-17H,10-15,18-19H2,(H,27,31)(H,28,30). The van der Waals surface area contributed by atoms with E-state index in [0.717, 1.165) is 49.0 Å². The summed E-state index contributed by atoms with van der Waals surface area (Å²) in [5.41, 5.74) is 1.70. The van der Waals surface area contributed by atoms with Crippen LogP contribution in [0, 0.1) is 0 Å². The second kappa shape index (κ2) is 11.8. The van der Waals surface area contributed by atoms with Crippen molar-refractivity contribution in [3.63, 3.8) is 0 Å². The number of amides is 2. The van der Waals surface area contributed by atoms with Gasteiger partial charge in [-0.2, -0.15) is 0 Å². The summed E-state index contributed by atoms with van der Waals surface area (Å²) in [5, 5.41) is 8.29. The van der Waals surface area contributed by atoms with E-state index >= 15 is 0 Å². The summed E-state index contributed by atoms with van der Waals surface area (Å²) < 4.78 is 5.33. The highest BCUT2D eigenvalue weighted by molar-refractivity contribution is 8.00. The Morgan fingerprint density at radius 3 is 2.58 bits per heavy atom. The second-order valence-electron chi connectivity index (χ2n) is 8.03. The molecule has 1 aliphatic rings. The number of nitrogens with zero attached hydrogens (tertiary/aromatic N) is 1. The van der Waals surface area contributed by atoms with Crippen LogP contribution in [0.3, 0.4) is 0 Å². The Morgan fingerprint density at radius 2 is 1.73 bits per heavy atom. The summed E-state index contributed by atoms with van der Waals surface area (Å²) in [6, 6.07) is 22.0. The van der Waals surface area contributed by atoms with Crippen molar-refractivity contribution in [2.75, 3.05) is 43.9 Å². The van der Waals surface area contributed by atoms with Gasteiger partial charge in [0.15, 0.2) is 0 Å². The van der Waals surface area contributed by atoms with Gasteiger partial charge < -0.3 is 15.4 Å². The quantitative estimate of drug-likeness (QED) is 0.471. The molecule has 2 N–H and O–H groups in total. The van der Waals surface area contributed by atoms with Gasteiger partial charge in [0.05, 0.1) is 19.0 Å². The van der Waals surface area contributed by atoms with Gasteiger partial charge in [-0.25, -0.2) is 0 Å². The minimum atomic E-state index is -0.0203. The van der Waals surface area contributed by atoms with Gasteiger partial charge in [0.1, 0.15) is 0 Å². The van der Waals surface area contributed by atoms with Gasteiger partial charge in [-0.1, -0.05) is 42.5 Å². The van der Waals surface area contributed by atoms with Crippen molar-refractivity contribution < 1.29 is 14.3 Å². The van der Waals surface area contributed by atoms with E-state index in [0.29, 0.717) is 18.7 Å². The lowest BCUT2D eigenvalue weighted by Crippen LogP contribution is -2.38. The van der Waals surface area contributed by atoms with E-state index in [1.807, 2.05) is 42.5 Å². The Bertz CT molecular complexity index is 1100. The summed E-state index contributed by atoms with van der Waals surface area (Å²) in [7, 11) is 0.